The summed E-state index contributed by atoms with van der Waals surface area (Å²) in [6.45, 7) is 3.01. The smallest absolute Gasteiger partial charge is 0.164 e. The Labute approximate surface area is 231 Å². The highest BCUT2D eigenvalue weighted by atomic mass is 35.5. The number of aliphatic hydroxyl groups is 3. The Morgan fingerprint density at radius 1 is 1.08 bits per heavy atom. The molecular formula is C24H22Cl3FN6O4. The normalized spacial score (nSPS) is 23.7. The fourth-order valence-electron chi connectivity index (χ4n) is 4.49. The molecule has 1 aliphatic rings. The average molecular weight is 584 g/mol. The zero-order chi connectivity index (χ0) is 27.3. The van der Waals surface area contributed by atoms with Gasteiger partial charge in [0.05, 0.1) is 28.5 Å². The van der Waals surface area contributed by atoms with Crippen LogP contribution in [0.4, 0.5) is 4.39 Å². The van der Waals surface area contributed by atoms with Crippen LogP contribution in [0.3, 0.4) is 0 Å². The van der Waals surface area contributed by atoms with Crippen molar-refractivity contribution in [1.29, 1.82) is 0 Å². The van der Waals surface area contributed by atoms with Crippen LogP contribution >= 0.6 is 34.8 Å². The van der Waals surface area contributed by atoms with Crippen LogP contribution in [0.1, 0.15) is 29.4 Å². The van der Waals surface area contributed by atoms with Gasteiger partial charge in [-0.2, -0.15) is 5.10 Å². The third-order valence-electron chi connectivity index (χ3n) is 6.38. The van der Waals surface area contributed by atoms with Gasteiger partial charge in [0.15, 0.2) is 5.82 Å². The van der Waals surface area contributed by atoms with Crippen molar-refractivity contribution in [2.24, 2.45) is 0 Å². The molecular weight excluding hydrogens is 562 g/mol. The van der Waals surface area contributed by atoms with Crippen LogP contribution in [0, 0.1) is 19.7 Å². The third kappa shape index (κ3) is 4.79. The molecule has 10 nitrogen and oxygen atoms in total. The molecule has 0 radical (unpaired) electrons. The molecule has 5 atom stereocenters. The first-order valence-corrected chi connectivity index (χ1v) is 12.6. The van der Waals surface area contributed by atoms with Gasteiger partial charge < -0.3 is 20.1 Å². The van der Waals surface area contributed by atoms with E-state index < -0.39 is 42.9 Å². The second kappa shape index (κ2) is 10.5. The average Bonchev–Trinajstić information content (AvgIpc) is 3.51. The molecule has 4 aromatic rings. The van der Waals surface area contributed by atoms with E-state index in [9.17, 15) is 19.7 Å². The maximum Gasteiger partial charge on any atom is 0.164 e. The Hall–Kier alpha value is -2.64. The van der Waals surface area contributed by atoms with Gasteiger partial charge in [0, 0.05) is 10.6 Å². The van der Waals surface area contributed by atoms with Crippen LogP contribution in [-0.4, -0.2) is 70.0 Å². The minimum atomic E-state index is -1.41. The van der Waals surface area contributed by atoms with Crippen molar-refractivity contribution in [3.05, 3.63) is 74.6 Å². The van der Waals surface area contributed by atoms with E-state index in [1.54, 1.807) is 19.1 Å². The lowest BCUT2D eigenvalue weighted by Crippen LogP contribution is -2.53. The predicted molar refractivity (Wildman–Crippen MR) is 137 cm³/mol. The maximum absolute atomic E-state index is 14.2. The van der Waals surface area contributed by atoms with Gasteiger partial charge in [0.25, 0.3) is 0 Å². The molecule has 2 aromatic carbocycles. The first-order valence-electron chi connectivity index (χ1n) is 11.5. The Bertz CT molecular complexity index is 1470. The van der Waals surface area contributed by atoms with Crippen LogP contribution < -0.4 is 0 Å². The third-order valence-corrected chi connectivity index (χ3v) is 7.39. The van der Waals surface area contributed by atoms with Crippen molar-refractivity contribution >= 4 is 34.8 Å². The number of halogens is 4. The molecule has 0 bridgehead atoms. The van der Waals surface area contributed by atoms with E-state index in [1.165, 1.54) is 21.6 Å². The Balaban J connectivity index is 1.55. The van der Waals surface area contributed by atoms with Crippen LogP contribution in [0.25, 0.3) is 16.9 Å². The summed E-state index contributed by atoms with van der Waals surface area (Å²) < 4.78 is 22.8. The van der Waals surface area contributed by atoms with Crippen LogP contribution in [-0.2, 0) is 4.74 Å². The molecule has 1 fully saturated rings. The summed E-state index contributed by atoms with van der Waals surface area (Å²) in [7, 11) is 0. The summed E-state index contributed by atoms with van der Waals surface area (Å²) >= 11 is 18.0. The number of aryl methyl sites for hydroxylation is 2. The summed E-state index contributed by atoms with van der Waals surface area (Å²) in [6.07, 6.45) is -3.60. The molecule has 0 saturated carbocycles. The lowest BCUT2D eigenvalue weighted by molar-refractivity contribution is -0.210. The van der Waals surface area contributed by atoms with Crippen LogP contribution in [0.2, 0.25) is 15.1 Å². The molecule has 0 amide bonds. The van der Waals surface area contributed by atoms with Gasteiger partial charge in [0.1, 0.15) is 47.8 Å². The predicted octanol–water partition coefficient (Wildman–Crippen LogP) is 3.64. The summed E-state index contributed by atoms with van der Waals surface area (Å²) in [4.78, 5) is 4.48. The highest BCUT2D eigenvalue weighted by molar-refractivity contribution is 6.42. The molecule has 3 heterocycles. The Kier molecular flexibility index (Phi) is 7.44. The summed E-state index contributed by atoms with van der Waals surface area (Å²) in [5.41, 5.74) is 1.98. The van der Waals surface area contributed by atoms with Gasteiger partial charge >= 0.3 is 0 Å². The number of rotatable bonds is 5. The highest BCUT2D eigenvalue weighted by Crippen LogP contribution is 2.39. The lowest BCUT2D eigenvalue weighted by atomic mass is 9.92. The van der Waals surface area contributed by atoms with E-state index in [1.807, 2.05) is 13.0 Å². The van der Waals surface area contributed by atoms with Crippen LogP contribution in [0.15, 0.2) is 36.5 Å². The second-order valence-corrected chi connectivity index (χ2v) is 10.2. The van der Waals surface area contributed by atoms with Gasteiger partial charge in [-0.1, -0.05) is 46.1 Å². The SMILES string of the molecule is Cc1nc([C@@H]2O[C@H](CO)[C@H](O)[C@H](n3cc(-c4cc(F)c(Cl)c(Cl)c4)nn3)[C@H]2O)n(-c2cc(Cl)ccc2C)n1. The van der Waals surface area contributed by atoms with E-state index in [0.29, 0.717) is 22.1 Å². The monoisotopic (exact) mass is 582 g/mol. The Morgan fingerprint density at radius 3 is 2.55 bits per heavy atom. The molecule has 0 unspecified atom stereocenters. The molecule has 3 N–H and O–H groups in total. The van der Waals surface area contributed by atoms with Crippen molar-refractivity contribution in [3.63, 3.8) is 0 Å². The number of hydrogen-bond donors (Lipinski definition) is 3. The van der Waals surface area contributed by atoms with E-state index >= 15 is 0 Å². The van der Waals surface area contributed by atoms with E-state index in [0.717, 1.165) is 11.6 Å². The topological polar surface area (TPSA) is 131 Å². The fraction of sp³-hybridized carbons (Fsp3) is 0.333. The quantitative estimate of drug-likeness (QED) is 0.304. The van der Waals surface area contributed by atoms with Crippen molar-refractivity contribution < 1.29 is 24.4 Å². The van der Waals surface area contributed by atoms with Gasteiger partial charge in [-0.3, -0.25) is 0 Å². The largest absolute Gasteiger partial charge is 0.394 e. The molecule has 1 saturated heterocycles. The molecule has 200 valence electrons. The first kappa shape index (κ1) is 26.9. The summed E-state index contributed by atoms with van der Waals surface area (Å²) in [5, 5.41) is 45.3. The Morgan fingerprint density at radius 2 is 1.84 bits per heavy atom. The molecule has 2 aromatic heterocycles. The van der Waals surface area contributed by atoms with Gasteiger partial charge in [-0.15, -0.1) is 5.10 Å². The number of aliphatic hydroxyl groups excluding tert-OH is 3. The minimum Gasteiger partial charge on any atom is -0.394 e. The standard InChI is InChI=1S/C24H22Cl3FN6O4/c1-10-3-4-13(25)7-17(10)34-24(29-11(2)31-34)23-22(37)20(21(36)18(9-35)38-23)33-8-16(30-32-33)12-5-14(26)19(27)15(28)6-12/h3-8,18,20-23,35-37H,9H2,1-2H3/t18-,20+,21+,22-,23-/m1/s1. The highest BCUT2D eigenvalue weighted by Gasteiger charge is 2.48. The molecule has 38 heavy (non-hydrogen) atoms. The van der Waals surface area contributed by atoms with Gasteiger partial charge in [-0.05, 0) is 43.7 Å². The minimum absolute atomic E-state index is 0.00576. The summed E-state index contributed by atoms with van der Waals surface area (Å²) in [6, 6.07) is 6.73. The zero-order valence-corrected chi connectivity index (χ0v) is 22.3. The molecule has 5 rings (SSSR count). The maximum atomic E-state index is 14.2. The van der Waals surface area contributed by atoms with E-state index in [2.05, 4.69) is 20.4 Å². The van der Waals surface area contributed by atoms with Crippen molar-refractivity contribution in [2.45, 2.75) is 44.3 Å². The molecule has 1 aliphatic heterocycles. The number of nitrogens with zero attached hydrogens (tertiary/aromatic N) is 6. The molecule has 0 spiro atoms. The number of benzene rings is 2. The van der Waals surface area contributed by atoms with Crippen molar-refractivity contribution in [2.75, 3.05) is 6.61 Å². The van der Waals surface area contributed by atoms with Crippen molar-refractivity contribution in [1.82, 2.24) is 29.8 Å². The first-order chi connectivity index (χ1) is 18.1. The van der Waals surface area contributed by atoms with E-state index in [4.69, 9.17) is 39.5 Å². The van der Waals surface area contributed by atoms with Crippen LogP contribution in [0.5, 0.6) is 0 Å². The fourth-order valence-corrected chi connectivity index (χ4v) is 4.97. The second-order valence-electron chi connectivity index (χ2n) is 8.95. The van der Waals surface area contributed by atoms with E-state index in [-0.39, 0.29) is 21.6 Å². The molecule has 14 heteroatoms. The number of aromatic nitrogens is 6. The van der Waals surface area contributed by atoms with Crippen molar-refractivity contribution in [3.8, 4) is 16.9 Å². The van der Waals surface area contributed by atoms with Gasteiger partial charge in [0.2, 0.25) is 0 Å². The van der Waals surface area contributed by atoms with Gasteiger partial charge in [-0.25, -0.2) is 18.7 Å². The number of ether oxygens (including phenoxy) is 1. The number of hydrogen-bond acceptors (Lipinski definition) is 8. The zero-order valence-electron chi connectivity index (χ0n) is 20.0. The molecule has 0 aliphatic carbocycles. The lowest BCUT2D eigenvalue weighted by Gasteiger charge is -2.41. The summed E-state index contributed by atoms with van der Waals surface area (Å²) in [5.74, 6) is -0.0908.